The van der Waals surface area contributed by atoms with E-state index in [4.69, 9.17) is 0 Å². The monoisotopic (exact) mass is 381 g/mol. The van der Waals surface area contributed by atoms with Crippen LogP contribution in [0.4, 0.5) is 0 Å². The molecule has 2 nitrogen and oxygen atoms in total. The molecule has 0 saturated carbocycles. The number of rotatable bonds is 13. The molecule has 2 rings (SSSR count). The molecule has 0 N–H and O–H groups in total. The Labute approximate surface area is 173 Å². The van der Waals surface area contributed by atoms with E-state index in [0.29, 0.717) is 5.41 Å². The summed E-state index contributed by atoms with van der Waals surface area (Å²) >= 11 is 0. The van der Waals surface area contributed by atoms with Crippen LogP contribution >= 0.6 is 0 Å². The Hall–Kier alpha value is -1.70. The molecular formula is C26H41N2+. The summed E-state index contributed by atoms with van der Waals surface area (Å²) in [7, 11) is 0. The topological polar surface area (TPSA) is 16.8 Å². The summed E-state index contributed by atoms with van der Waals surface area (Å²) in [6.07, 6.45) is 23.5. The Morgan fingerprint density at radius 2 is 1.11 bits per heavy atom. The van der Waals surface area contributed by atoms with Gasteiger partial charge in [0.1, 0.15) is 6.54 Å². The minimum Gasteiger partial charge on any atom is -0.265 e. The highest BCUT2D eigenvalue weighted by Gasteiger charge is 2.08. The number of unbranched alkanes of at least 4 members (excludes halogenated alkanes) is 9. The van der Waals surface area contributed by atoms with Crippen LogP contribution in [0.15, 0.2) is 49.1 Å². The maximum Gasteiger partial charge on any atom is 0.169 e. The number of aryl methyl sites for hydroxylation is 1. The molecule has 0 aliphatic heterocycles. The molecule has 28 heavy (non-hydrogen) atoms. The molecule has 154 valence electrons. The van der Waals surface area contributed by atoms with Gasteiger partial charge in [-0.2, -0.15) is 0 Å². The van der Waals surface area contributed by atoms with Crippen LogP contribution in [0.2, 0.25) is 0 Å². The lowest BCUT2D eigenvalue weighted by Crippen LogP contribution is -2.32. The van der Waals surface area contributed by atoms with Crippen molar-refractivity contribution in [1.29, 1.82) is 0 Å². The summed E-state index contributed by atoms with van der Waals surface area (Å²) in [5.41, 5.74) is 3.01. The van der Waals surface area contributed by atoms with Gasteiger partial charge < -0.3 is 0 Å². The SMILES string of the molecule is CC(C)(C)CCCCCCCCCCCC[n+]1ccc(-c2ccncc2)cc1. The average molecular weight is 382 g/mol. The molecule has 0 aliphatic rings. The molecule has 0 amide bonds. The normalized spacial score (nSPS) is 11.7. The average Bonchev–Trinajstić information content (AvgIpc) is 2.69. The van der Waals surface area contributed by atoms with Crippen LogP contribution in [0.1, 0.15) is 91.4 Å². The molecule has 0 aliphatic carbocycles. The Kier molecular flexibility index (Phi) is 10.2. The molecule has 0 bridgehead atoms. The second-order valence-electron chi connectivity index (χ2n) is 9.41. The van der Waals surface area contributed by atoms with Gasteiger partial charge in [-0.15, -0.1) is 0 Å². The third-order valence-electron chi connectivity index (χ3n) is 5.50. The van der Waals surface area contributed by atoms with Crippen LogP contribution in [-0.4, -0.2) is 4.98 Å². The van der Waals surface area contributed by atoms with Crippen molar-refractivity contribution in [2.24, 2.45) is 5.41 Å². The summed E-state index contributed by atoms with van der Waals surface area (Å²) < 4.78 is 2.31. The Balaban J connectivity index is 1.44. The van der Waals surface area contributed by atoms with Gasteiger partial charge in [0.15, 0.2) is 12.4 Å². The van der Waals surface area contributed by atoms with Gasteiger partial charge in [0.05, 0.1) is 0 Å². The van der Waals surface area contributed by atoms with Gasteiger partial charge in [0, 0.05) is 30.9 Å². The van der Waals surface area contributed by atoms with E-state index in [2.05, 4.69) is 67.0 Å². The first-order valence-corrected chi connectivity index (χ1v) is 11.4. The van der Waals surface area contributed by atoms with Crippen molar-refractivity contribution in [3.8, 4) is 11.1 Å². The maximum atomic E-state index is 4.08. The summed E-state index contributed by atoms with van der Waals surface area (Å²) in [6, 6.07) is 8.53. The number of hydrogen-bond acceptors (Lipinski definition) is 1. The molecule has 0 spiro atoms. The highest BCUT2D eigenvalue weighted by Crippen LogP contribution is 2.22. The first kappa shape index (κ1) is 22.6. The molecule has 2 aromatic heterocycles. The number of aromatic nitrogens is 2. The standard InChI is InChI=1S/C26H41N2/c1-26(2,3)18-12-10-8-6-4-5-7-9-11-13-21-28-22-16-25(17-23-28)24-14-19-27-20-15-24/h14-17,19-20,22-23H,4-13,18,21H2,1-3H3/q+1. The molecule has 0 unspecified atom stereocenters. The molecule has 2 heterocycles. The van der Waals surface area contributed by atoms with Gasteiger partial charge in [-0.05, 0) is 41.5 Å². The predicted molar refractivity (Wildman–Crippen MR) is 120 cm³/mol. The lowest BCUT2D eigenvalue weighted by molar-refractivity contribution is -0.697. The molecule has 2 aromatic rings. The van der Waals surface area contributed by atoms with Crippen LogP contribution in [-0.2, 0) is 6.54 Å². The van der Waals surface area contributed by atoms with Crippen LogP contribution in [0, 0.1) is 5.41 Å². The van der Waals surface area contributed by atoms with Gasteiger partial charge in [0.25, 0.3) is 0 Å². The summed E-state index contributed by atoms with van der Waals surface area (Å²) in [4.78, 5) is 4.08. The second-order valence-corrected chi connectivity index (χ2v) is 9.41. The van der Waals surface area contributed by atoms with E-state index >= 15 is 0 Å². The highest BCUT2D eigenvalue weighted by molar-refractivity contribution is 5.61. The fourth-order valence-corrected chi connectivity index (χ4v) is 3.71. The third-order valence-corrected chi connectivity index (χ3v) is 5.50. The fourth-order valence-electron chi connectivity index (χ4n) is 3.71. The quantitative estimate of drug-likeness (QED) is 0.261. The van der Waals surface area contributed by atoms with Gasteiger partial charge >= 0.3 is 0 Å². The van der Waals surface area contributed by atoms with Crippen molar-refractivity contribution < 1.29 is 4.57 Å². The first-order valence-electron chi connectivity index (χ1n) is 11.4. The van der Waals surface area contributed by atoms with Crippen LogP contribution < -0.4 is 4.57 Å². The molecule has 0 atom stereocenters. The molecule has 0 aromatic carbocycles. The highest BCUT2D eigenvalue weighted by atomic mass is 14.9. The van der Waals surface area contributed by atoms with Crippen LogP contribution in [0.3, 0.4) is 0 Å². The van der Waals surface area contributed by atoms with Crippen molar-refractivity contribution in [2.45, 2.75) is 97.9 Å². The van der Waals surface area contributed by atoms with Gasteiger partial charge in [-0.3, -0.25) is 4.98 Å². The molecule has 2 heteroatoms. The molecular weight excluding hydrogens is 340 g/mol. The van der Waals surface area contributed by atoms with E-state index in [0.717, 1.165) is 6.54 Å². The van der Waals surface area contributed by atoms with Gasteiger partial charge in [0.2, 0.25) is 0 Å². The van der Waals surface area contributed by atoms with E-state index in [9.17, 15) is 0 Å². The van der Waals surface area contributed by atoms with Crippen LogP contribution in [0.25, 0.3) is 11.1 Å². The molecule has 0 fully saturated rings. The molecule has 0 saturated heterocycles. The van der Waals surface area contributed by atoms with Crippen molar-refractivity contribution in [1.82, 2.24) is 4.98 Å². The zero-order valence-electron chi connectivity index (χ0n) is 18.5. The van der Waals surface area contributed by atoms with E-state index in [1.165, 1.54) is 81.8 Å². The largest absolute Gasteiger partial charge is 0.265 e. The van der Waals surface area contributed by atoms with E-state index in [1.807, 2.05) is 12.4 Å². The maximum absolute atomic E-state index is 4.08. The van der Waals surface area contributed by atoms with Crippen molar-refractivity contribution in [3.05, 3.63) is 49.1 Å². The number of pyridine rings is 2. The van der Waals surface area contributed by atoms with E-state index < -0.39 is 0 Å². The minimum absolute atomic E-state index is 0.514. The van der Waals surface area contributed by atoms with Gasteiger partial charge in [-0.1, -0.05) is 72.1 Å². The zero-order chi connectivity index (χ0) is 20.1. The van der Waals surface area contributed by atoms with Crippen LogP contribution in [0.5, 0.6) is 0 Å². The Morgan fingerprint density at radius 3 is 1.64 bits per heavy atom. The Bertz CT molecular complexity index is 626. The predicted octanol–water partition coefficient (Wildman–Crippen LogP) is 7.37. The first-order chi connectivity index (χ1) is 13.5. The minimum atomic E-state index is 0.514. The Morgan fingerprint density at radius 1 is 0.643 bits per heavy atom. The molecule has 0 radical (unpaired) electrons. The summed E-state index contributed by atoms with van der Waals surface area (Å²) in [6.45, 7) is 8.18. The zero-order valence-corrected chi connectivity index (χ0v) is 18.5. The van der Waals surface area contributed by atoms with E-state index in [-0.39, 0.29) is 0 Å². The lowest BCUT2D eigenvalue weighted by atomic mass is 9.89. The van der Waals surface area contributed by atoms with Crippen molar-refractivity contribution in [2.75, 3.05) is 0 Å². The van der Waals surface area contributed by atoms with Crippen molar-refractivity contribution in [3.63, 3.8) is 0 Å². The van der Waals surface area contributed by atoms with E-state index in [1.54, 1.807) is 0 Å². The number of nitrogens with zero attached hydrogens (tertiary/aromatic N) is 2. The fraction of sp³-hybridized carbons (Fsp3) is 0.615. The smallest absolute Gasteiger partial charge is 0.169 e. The van der Waals surface area contributed by atoms with Gasteiger partial charge in [-0.25, -0.2) is 4.57 Å². The lowest BCUT2D eigenvalue weighted by Gasteiger charge is -2.17. The summed E-state index contributed by atoms with van der Waals surface area (Å²) in [5.74, 6) is 0. The third kappa shape index (κ3) is 10.0. The second kappa shape index (κ2) is 12.7. The van der Waals surface area contributed by atoms with Crippen molar-refractivity contribution >= 4 is 0 Å². The number of hydrogen-bond donors (Lipinski definition) is 0. The summed E-state index contributed by atoms with van der Waals surface area (Å²) in [5, 5.41) is 0.